The predicted molar refractivity (Wildman–Crippen MR) is 81.5 cm³/mol. The Bertz CT molecular complexity index is 615. The van der Waals surface area contributed by atoms with Gasteiger partial charge in [0.1, 0.15) is 5.75 Å². The number of rotatable bonds is 4. The Kier molecular flexibility index (Phi) is 3.81. The molecule has 5 heteroatoms. The van der Waals surface area contributed by atoms with E-state index in [9.17, 15) is 4.79 Å². The van der Waals surface area contributed by atoms with Crippen molar-refractivity contribution in [1.29, 1.82) is 0 Å². The fourth-order valence-electron chi connectivity index (χ4n) is 2.57. The van der Waals surface area contributed by atoms with Gasteiger partial charge in [-0.15, -0.1) is 0 Å². The molecule has 2 aromatic rings. The first-order chi connectivity index (χ1) is 10.3. The van der Waals surface area contributed by atoms with Crippen molar-refractivity contribution in [3.05, 3.63) is 42.2 Å². The largest absolute Gasteiger partial charge is 0.497 e. The number of anilines is 2. The highest BCUT2D eigenvalue weighted by molar-refractivity contribution is 5.71. The van der Waals surface area contributed by atoms with Crippen LogP contribution in [0.3, 0.4) is 0 Å². The van der Waals surface area contributed by atoms with Gasteiger partial charge in [-0.2, -0.15) is 0 Å². The number of carbonyl (C=O) groups excluding carboxylic acids is 1. The van der Waals surface area contributed by atoms with Gasteiger partial charge in [0.2, 0.25) is 0 Å². The molecule has 0 saturated carbocycles. The summed E-state index contributed by atoms with van der Waals surface area (Å²) in [5, 5.41) is 0. The second-order valence-electron chi connectivity index (χ2n) is 4.97. The molecule has 5 nitrogen and oxygen atoms in total. The van der Waals surface area contributed by atoms with Crippen LogP contribution in [-0.4, -0.2) is 39.6 Å². The summed E-state index contributed by atoms with van der Waals surface area (Å²) < 4.78 is 10.7. The maximum Gasteiger partial charge on any atom is 0.196 e. The summed E-state index contributed by atoms with van der Waals surface area (Å²) in [7, 11) is 1.68. The van der Waals surface area contributed by atoms with E-state index in [4.69, 9.17) is 9.15 Å². The van der Waals surface area contributed by atoms with Crippen molar-refractivity contribution in [1.82, 2.24) is 0 Å². The standard InChI is InChI=1S/C16H18N2O3/c1-20-14-4-2-3-13(11-14)17-7-9-18(10-8-17)16-6-5-15(12-19)21-16/h2-6,11-12H,7-10H2,1H3. The first-order valence-electron chi connectivity index (χ1n) is 6.99. The number of methoxy groups -OCH3 is 1. The molecular formula is C16H18N2O3. The molecule has 1 fully saturated rings. The Labute approximate surface area is 123 Å². The molecule has 0 unspecified atom stereocenters. The van der Waals surface area contributed by atoms with Crippen molar-refractivity contribution in [2.75, 3.05) is 43.1 Å². The number of aldehydes is 1. The van der Waals surface area contributed by atoms with Gasteiger partial charge < -0.3 is 19.0 Å². The van der Waals surface area contributed by atoms with Gasteiger partial charge >= 0.3 is 0 Å². The molecule has 0 atom stereocenters. The minimum absolute atomic E-state index is 0.375. The summed E-state index contributed by atoms with van der Waals surface area (Å²) in [5.41, 5.74) is 1.17. The highest BCUT2D eigenvalue weighted by Crippen LogP contribution is 2.24. The van der Waals surface area contributed by atoms with Gasteiger partial charge in [0.05, 0.1) is 7.11 Å². The minimum Gasteiger partial charge on any atom is -0.497 e. The molecule has 3 rings (SSSR count). The van der Waals surface area contributed by atoms with Gasteiger partial charge in [-0.05, 0) is 18.2 Å². The van der Waals surface area contributed by atoms with Gasteiger partial charge in [-0.3, -0.25) is 4.79 Å². The van der Waals surface area contributed by atoms with Crippen LogP contribution >= 0.6 is 0 Å². The zero-order valence-corrected chi connectivity index (χ0v) is 12.0. The molecule has 1 saturated heterocycles. The van der Waals surface area contributed by atoms with E-state index >= 15 is 0 Å². The molecule has 0 aliphatic carbocycles. The van der Waals surface area contributed by atoms with Gasteiger partial charge in [-0.1, -0.05) is 6.07 Å². The van der Waals surface area contributed by atoms with Crippen molar-refractivity contribution in [3.63, 3.8) is 0 Å². The molecule has 0 amide bonds. The van der Waals surface area contributed by atoms with Crippen LogP contribution in [0.1, 0.15) is 10.6 Å². The van der Waals surface area contributed by atoms with E-state index in [-0.39, 0.29) is 0 Å². The molecular weight excluding hydrogens is 268 g/mol. The molecule has 0 spiro atoms. The Morgan fingerprint density at radius 1 is 1.10 bits per heavy atom. The summed E-state index contributed by atoms with van der Waals surface area (Å²) in [6.07, 6.45) is 0.732. The van der Waals surface area contributed by atoms with Crippen LogP contribution in [0.25, 0.3) is 0 Å². The number of hydrogen-bond acceptors (Lipinski definition) is 5. The predicted octanol–water partition coefficient (Wildman–Crippen LogP) is 2.43. The first kappa shape index (κ1) is 13.5. The van der Waals surface area contributed by atoms with Gasteiger partial charge in [0.15, 0.2) is 17.9 Å². The number of ether oxygens (including phenoxy) is 1. The molecule has 0 radical (unpaired) electrons. The van der Waals surface area contributed by atoms with Crippen LogP contribution in [0.4, 0.5) is 11.6 Å². The zero-order chi connectivity index (χ0) is 14.7. The van der Waals surface area contributed by atoms with Crippen molar-refractivity contribution >= 4 is 17.9 Å². The van der Waals surface area contributed by atoms with Crippen molar-refractivity contribution in [3.8, 4) is 5.75 Å². The Morgan fingerprint density at radius 2 is 1.86 bits per heavy atom. The zero-order valence-electron chi connectivity index (χ0n) is 12.0. The third kappa shape index (κ3) is 2.86. The smallest absolute Gasteiger partial charge is 0.196 e. The number of nitrogens with zero attached hydrogens (tertiary/aromatic N) is 2. The normalized spacial score (nSPS) is 15.1. The number of piperazine rings is 1. The minimum atomic E-state index is 0.375. The highest BCUT2D eigenvalue weighted by Gasteiger charge is 2.19. The Balaban J connectivity index is 1.65. The summed E-state index contributed by atoms with van der Waals surface area (Å²) in [6, 6.07) is 11.7. The Morgan fingerprint density at radius 3 is 2.52 bits per heavy atom. The third-order valence-electron chi connectivity index (χ3n) is 3.74. The quantitative estimate of drug-likeness (QED) is 0.808. The van der Waals surface area contributed by atoms with E-state index in [0.717, 1.165) is 44.1 Å². The lowest BCUT2D eigenvalue weighted by Gasteiger charge is -2.36. The van der Waals surface area contributed by atoms with Gasteiger partial charge in [-0.25, -0.2) is 0 Å². The third-order valence-corrected chi connectivity index (χ3v) is 3.74. The number of furan rings is 1. The fraction of sp³-hybridized carbons (Fsp3) is 0.312. The van der Waals surface area contributed by atoms with Crippen LogP contribution in [0.5, 0.6) is 5.75 Å². The molecule has 2 heterocycles. The van der Waals surface area contributed by atoms with Crippen molar-refractivity contribution < 1.29 is 13.9 Å². The number of hydrogen-bond donors (Lipinski definition) is 0. The van der Waals surface area contributed by atoms with Crippen LogP contribution < -0.4 is 14.5 Å². The van der Waals surface area contributed by atoms with E-state index < -0.39 is 0 Å². The number of benzene rings is 1. The first-order valence-corrected chi connectivity index (χ1v) is 6.99. The van der Waals surface area contributed by atoms with E-state index in [1.54, 1.807) is 13.2 Å². The molecule has 1 aliphatic heterocycles. The summed E-state index contributed by atoms with van der Waals surface area (Å²) >= 11 is 0. The lowest BCUT2D eigenvalue weighted by atomic mass is 10.2. The van der Waals surface area contributed by atoms with Gasteiger partial charge in [0.25, 0.3) is 0 Å². The molecule has 1 aliphatic rings. The van der Waals surface area contributed by atoms with E-state index in [2.05, 4.69) is 15.9 Å². The average molecular weight is 286 g/mol. The second kappa shape index (κ2) is 5.91. The van der Waals surface area contributed by atoms with Gasteiger partial charge in [0, 0.05) is 44.0 Å². The molecule has 0 N–H and O–H groups in total. The lowest BCUT2D eigenvalue weighted by molar-refractivity contribution is 0.110. The average Bonchev–Trinajstić information content (AvgIpc) is 3.04. The molecule has 0 bridgehead atoms. The SMILES string of the molecule is COc1cccc(N2CCN(c3ccc(C=O)o3)CC2)c1. The lowest BCUT2D eigenvalue weighted by Crippen LogP contribution is -2.46. The van der Waals surface area contributed by atoms with E-state index in [1.807, 2.05) is 24.3 Å². The summed E-state index contributed by atoms with van der Waals surface area (Å²) in [6.45, 7) is 3.54. The van der Waals surface area contributed by atoms with Crippen LogP contribution in [-0.2, 0) is 0 Å². The molecule has 110 valence electrons. The van der Waals surface area contributed by atoms with E-state index in [1.165, 1.54) is 5.69 Å². The van der Waals surface area contributed by atoms with Crippen LogP contribution in [0.15, 0.2) is 40.8 Å². The Hall–Kier alpha value is -2.43. The fourth-order valence-corrected chi connectivity index (χ4v) is 2.57. The van der Waals surface area contributed by atoms with Crippen molar-refractivity contribution in [2.24, 2.45) is 0 Å². The monoisotopic (exact) mass is 286 g/mol. The second-order valence-corrected chi connectivity index (χ2v) is 4.97. The number of carbonyl (C=O) groups is 1. The van der Waals surface area contributed by atoms with Crippen LogP contribution in [0.2, 0.25) is 0 Å². The summed E-state index contributed by atoms with van der Waals surface area (Å²) in [4.78, 5) is 15.1. The highest BCUT2D eigenvalue weighted by atomic mass is 16.5. The molecule has 1 aromatic carbocycles. The van der Waals surface area contributed by atoms with E-state index in [0.29, 0.717) is 5.76 Å². The molecule has 1 aromatic heterocycles. The maximum atomic E-state index is 10.7. The summed E-state index contributed by atoms with van der Waals surface area (Å²) in [5.74, 6) is 2.01. The topological polar surface area (TPSA) is 45.9 Å². The molecule has 21 heavy (non-hydrogen) atoms. The van der Waals surface area contributed by atoms with Crippen LogP contribution in [0, 0.1) is 0 Å². The van der Waals surface area contributed by atoms with Crippen molar-refractivity contribution in [2.45, 2.75) is 0 Å². The maximum absolute atomic E-state index is 10.7.